The molecule has 1 aromatic carbocycles. The van der Waals surface area contributed by atoms with Crippen molar-refractivity contribution in [3.8, 4) is 0 Å². The second kappa shape index (κ2) is 4.89. The van der Waals surface area contributed by atoms with Gasteiger partial charge < -0.3 is 5.73 Å². The van der Waals surface area contributed by atoms with Gasteiger partial charge in [0.1, 0.15) is 5.03 Å². The van der Waals surface area contributed by atoms with Gasteiger partial charge in [0, 0.05) is 16.8 Å². The van der Waals surface area contributed by atoms with E-state index in [0.29, 0.717) is 0 Å². The normalized spacial score (nSPS) is 10.4. The number of halogens is 1. The predicted octanol–water partition coefficient (Wildman–Crippen LogP) is 3.89. The molecule has 16 heavy (non-hydrogen) atoms. The zero-order valence-corrected chi connectivity index (χ0v) is 11.2. The fourth-order valence-electron chi connectivity index (χ4n) is 1.39. The summed E-state index contributed by atoms with van der Waals surface area (Å²) >= 11 is 5.08. The topological polar surface area (TPSA) is 38.9 Å². The van der Waals surface area contributed by atoms with Crippen LogP contribution in [0.3, 0.4) is 0 Å². The van der Waals surface area contributed by atoms with Crippen LogP contribution in [0.4, 0.5) is 5.69 Å². The van der Waals surface area contributed by atoms with Crippen molar-refractivity contribution in [2.45, 2.75) is 16.8 Å². The third-order valence-corrected chi connectivity index (χ3v) is 3.90. The summed E-state index contributed by atoms with van der Waals surface area (Å²) < 4.78 is 1.00. The molecule has 2 nitrogen and oxygen atoms in total. The van der Waals surface area contributed by atoms with E-state index in [1.165, 1.54) is 0 Å². The molecule has 0 saturated heterocycles. The van der Waals surface area contributed by atoms with Crippen LogP contribution in [0.25, 0.3) is 0 Å². The SMILES string of the molecule is Cc1cc(N)cc(Sc2ncccc2Br)c1. The van der Waals surface area contributed by atoms with Gasteiger partial charge in [0.2, 0.25) is 0 Å². The Labute approximate surface area is 107 Å². The number of hydrogen-bond donors (Lipinski definition) is 1. The van der Waals surface area contributed by atoms with Crippen LogP contribution in [0.5, 0.6) is 0 Å². The molecule has 2 N–H and O–H groups in total. The van der Waals surface area contributed by atoms with Gasteiger partial charge in [0.25, 0.3) is 0 Å². The summed E-state index contributed by atoms with van der Waals surface area (Å²) in [5.41, 5.74) is 7.75. The van der Waals surface area contributed by atoms with Crippen molar-refractivity contribution in [3.05, 3.63) is 46.6 Å². The van der Waals surface area contributed by atoms with E-state index >= 15 is 0 Å². The van der Waals surface area contributed by atoms with E-state index in [4.69, 9.17) is 5.73 Å². The molecule has 0 spiro atoms. The zero-order valence-electron chi connectivity index (χ0n) is 8.77. The molecule has 0 saturated carbocycles. The summed E-state index contributed by atoms with van der Waals surface area (Å²) in [6.07, 6.45) is 1.78. The van der Waals surface area contributed by atoms with Gasteiger partial charge in [0.15, 0.2) is 0 Å². The van der Waals surface area contributed by atoms with Crippen molar-refractivity contribution < 1.29 is 0 Å². The minimum Gasteiger partial charge on any atom is -0.399 e. The van der Waals surface area contributed by atoms with Crippen LogP contribution in [0.15, 0.2) is 50.9 Å². The van der Waals surface area contributed by atoms with E-state index in [-0.39, 0.29) is 0 Å². The summed E-state index contributed by atoms with van der Waals surface area (Å²) in [5.74, 6) is 0. The smallest absolute Gasteiger partial charge is 0.115 e. The van der Waals surface area contributed by atoms with Crippen molar-refractivity contribution in [2.24, 2.45) is 0 Å². The van der Waals surface area contributed by atoms with Gasteiger partial charge in [0.05, 0.1) is 4.47 Å². The molecule has 2 aromatic rings. The number of benzene rings is 1. The Morgan fingerprint density at radius 2 is 2.12 bits per heavy atom. The molecular formula is C12H11BrN2S. The number of nitrogens with zero attached hydrogens (tertiary/aromatic N) is 1. The van der Waals surface area contributed by atoms with Crippen molar-refractivity contribution in [2.75, 3.05) is 5.73 Å². The van der Waals surface area contributed by atoms with Crippen LogP contribution in [0.2, 0.25) is 0 Å². The van der Waals surface area contributed by atoms with E-state index in [1.54, 1.807) is 18.0 Å². The maximum absolute atomic E-state index is 5.81. The molecule has 1 heterocycles. The van der Waals surface area contributed by atoms with Gasteiger partial charge in [-0.3, -0.25) is 0 Å². The fraction of sp³-hybridized carbons (Fsp3) is 0.0833. The Kier molecular flexibility index (Phi) is 3.51. The molecule has 0 aliphatic carbocycles. The molecule has 0 aliphatic heterocycles. The van der Waals surface area contributed by atoms with E-state index in [0.717, 1.165) is 25.6 Å². The average Bonchev–Trinajstić information content (AvgIpc) is 2.20. The van der Waals surface area contributed by atoms with Crippen molar-refractivity contribution in [3.63, 3.8) is 0 Å². The fourth-order valence-corrected chi connectivity index (χ4v) is 2.83. The first kappa shape index (κ1) is 11.5. The van der Waals surface area contributed by atoms with Gasteiger partial charge in [-0.2, -0.15) is 0 Å². The minimum absolute atomic E-state index is 0.787. The minimum atomic E-state index is 0.787. The molecule has 0 atom stereocenters. The number of aryl methyl sites for hydroxylation is 1. The van der Waals surface area contributed by atoms with E-state index in [2.05, 4.69) is 27.0 Å². The lowest BCUT2D eigenvalue weighted by Crippen LogP contribution is -1.87. The molecule has 0 bridgehead atoms. The monoisotopic (exact) mass is 294 g/mol. The lowest BCUT2D eigenvalue weighted by molar-refractivity contribution is 1.11. The number of aromatic nitrogens is 1. The number of anilines is 1. The molecule has 4 heteroatoms. The van der Waals surface area contributed by atoms with Gasteiger partial charge in [-0.05, 0) is 58.7 Å². The zero-order chi connectivity index (χ0) is 11.5. The predicted molar refractivity (Wildman–Crippen MR) is 71.7 cm³/mol. The molecule has 0 amide bonds. The molecule has 0 aliphatic rings. The van der Waals surface area contributed by atoms with Crippen LogP contribution in [0.1, 0.15) is 5.56 Å². The largest absolute Gasteiger partial charge is 0.399 e. The van der Waals surface area contributed by atoms with Crippen LogP contribution >= 0.6 is 27.7 Å². The Hall–Kier alpha value is -1.00. The number of hydrogen-bond acceptors (Lipinski definition) is 3. The second-order valence-electron chi connectivity index (χ2n) is 3.47. The molecular weight excluding hydrogens is 284 g/mol. The van der Waals surface area contributed by atoms with Gasteiger partial charge >= 0.3 is 0 Å². The summed E-state index contributed by atoms with van der Waals surface area (Å²) in [7, 11) is 0. The van der Waals surface area contributed by atoms with Crippen molar-refractivity contribution >= 4 is 33.4 Å². The number of nitrogens with two attached hydrogens (primary N) is 1. The Morgan fingerprint density at radius 3 is 2.81 bits per heavy atom. The van der Waals surface area contributed by atoms with Gasteiger partial charge in [-0.25, -0.2) is 4.98 Å². The molecule has 0 unspecified atom stereocenters. The van der Waals surface area contributed by atoms with Gasteiger partial charge in [-0.1, -0.05) is 11.8 Å². The van der Waals surface area contributed by atoms with Gasteiger partial charge in [-0.15, -0.1) is 0 Å². The molecule has 1 aromatic heterocycles. The van der Waals surface area contributed by atoms with Crippen LogP contribution in [-0.4, -0.2) is 4.98 Å². The summed E-state index contributed by atoms with van der Waals surface area (Å²) in [5, 5.41) is 0.951. The van der Waals surface area contributed by atoms with Crippen molar-refractivity contribution in [1.82, 2.24) is 4.98 Å². The maximum atomic E-state index is 5.81. The maximum Gasteiger partial charge on any atom is 0.115 e. The standard InChI is InChI=1S/C12H11BrN2S/c1-8-5-9(14)7-10(6-8)16-12-11(13)3-2-4-15-12/h2-7H,14H2,1H3. The first-order valence-corrected chi connectivity index (χ1v) is 6.41. The quantitative estimate of drug-likeness (QED) is 0.854. The number of rotatable bonds is 2. The Bertz CT molecular complexity index is 494. The second-order valence-corrected chi connectivity index (χ2v) is 5.39. The van der Waals surface area contributed by atoms with Crippen molar-refractivity contribution in [1.29, 1.82) is 0 Å². The third-order valence-electron chi connectivity index (χ3n) is 2.01. The van der Waals surface area contributed by atoms with E-state index < -0.39 is 0 Å². The lowest BCUT2D eigenvalue weighted by atomic mass is 10.2. The Balaban J connectivity index is 2.30. The first-order valence-electron chi connectivity index (χ1n) is 4.81. The average molecular weight is 295 g/mol. The highest BCUT2D eigenvalue weighted by atomic mass is 79.9. The highest BCUT2D eigenvalue weighted by molar-refractivity contribution is 9.10. The van der Waals surface area contributed by atoms with Crippen LogP contribution in [-0.2, 0) is 0 Å². The lowest BCUT2D eigenvalue weighted by Gasteiger charge is -2.05. The van der Waals surface area contributed by atoms with Crippen LogP contribution < -0.4 is 5.73 Å². The highest BCUT2D eigenvalue weighted by Gasteiger charge is 2.04. The third kappa shape index (κ3) is 2.77. The summed E-state index contributed by atoms with van der Waals surface area (Å²) in [6.45, 7) is 2.04. The Morgan fingerprint density at radius 1 is 1.31 bits per heavy atom. The first-order chi connectivity index (χ1) is 7.65. The molecule has 2 rings (SSSR count). The number of pyridine rings is 1. The molecule has 0 fully saturated rings. The molecule has 82 valence electrons. The highest BCUT2D eigenvalue weighted by Crippen LogP contribution is 2.32. The van der Waals surface area contributed by atoms with Crippen LogP contribution in [0, 0.1) is 6.92 Å². The number of nitrogen functional groups attached to an aromatic ring is 1. The summed E-state index contributed by atoms with van der Waals surface area (Å²) in [6, 6.07) is 9.89. The van der Waals surface area contributed by atoms with E-state index in [1.807, 2.05) is 31.2 Å². The summed E-state index contributed by atoms with van der Waals surface area (Å²) in [4.78, 5) is 5.42. The molecule has 0 radical (unpaired) electrons. The van der Waals surface area contributed by atoms with E-state index in [9.17, 15) is 0 Å².